The van der Waals surface area contributed by atoms with Crippen LogP contribution in [0.15, 0.2) is 84.9 Å². The van der Waals surface area contributed by atoms with E-state index < -0.39 is 0 Å². The minimum Gasteiger partial charge on any atom is -0.244 e. The fourth-order valence-electron chi connectivity index (χ4n) is 5.13. The van der Waals surface area contributed by atoms with E-state index in [2.05, 4.69) is 98.8 Å². The van der Waals surface area contributed by atoms with Crippen molar-refractivity contribution in [1.82, 2.24) is 9.97 Å². The summed E-state index contributed by atoms with van der Waals surface area (Å²) in [5.74, 6) is 0. The van der Waals surface area contributed by atoms with Crippen molar-refractivity contribution in [2.24, 2.45) is 0 Å². The summed E-state index contributed by atoms with van der Waals surface area (Å²) >= 11 is 0. The molecule has 1 heterocycles. The Morgan fingerprint density at radius 1 is 0.438 bits per heavy atom. The average molecular weight is 409 g/mol. The lowest BCUT2D eigenvalue weighted by Crippen LogP contribution is -1.92. The summed E-state index contributed by atoms with van der Waals surface area (Å²) in [5.41, 5.74) is 6.36. The molecule has 7 aromatic rings. The van der Waals surface area contributed by atoms with Crippen LogP contribution in [-0.2, 0) is 0 Å². The Balaban J connectivity index is 1.63. The lowest BCUT2D eigenvalue weighted by molar-refractivity contribution is 1.40. The molecular weight excluding hydrogens is 388 g/mol. The van der Waals surface area contributed by atoms with E-state index in [-0.39, 0.29) is 0 Å². The van der Waals surface area contributed by atoms with Gasteiger partial charge in [0.15, 0.2) is 0 Å². The molecule has 2 heteroatoms. The zero-order chi connectivity index (χ0) is 21.4. The van der Waals surface area contributed by atoms with Gasteiger partial charge in [-0.05, 0) is 93.7 Å². The van der Waals surface area contributed by atoms with Crippen molar-refractivity contribution in [3.05, 3.63) is 96.1 Å². The fraction of sp³-hybridized carbons (Fsp3) is 0.0667. The maximum absolute atomic E-state index is 5.16. The molecule has 0 fully saturated rings. The van der Waals surface area contributed by atoms with Gasteiger partial charge in [-0.25, -0.2) is 9.97 Å². The number of rotatable bonds is 0. The Kier molecular flexibility index (Phi) is 3.44. The number of aryl methyl sites for hydroxylation is 2. The molecule has 6 aromatic carbocycles. The van der Waals surface area contributed by atoms with Crippen molar-refractivity contribution in [3.8, 4) is 0 Å². The number of aromatic nitrogens is 2. The van der Waals surface area contributed by atoms with Gasteiger partial charge < -0.3 is 0 Å². The summed E-state index contributed by atoms with van der Waals surface area (Å²) in [7, 11) is 0. The Morgan fingerprint density at radius 3 is 1.91 bits per heavy atom. The van der Waals surface area contributed by atoms with Crippen LogP contribution in [0.4, 0.5) is 0 Å². The normalized spacial score (nSPS) is 12.1. The third-order valence-electron chi connectivity index (χ3n) is 6.81. The molecule has 0 spiro atoms. The van der Waals surface area contributed by atoms with E-state index in [1.807, 2.05) is 0 Å². The SMILES string of the molecule is Cc1cccc2cc3c(ccc4nc5c(cc(C)c6cc7ccccc7cc65)nc43)cc12. The lowest BCUT2D eigenvalue weighted by Gasteiger charge is -2.11. The Labute approximate surface area is 185 Å². The van der Waals surface area contributed by atoms with Gasteiger partial charge in [-0.15, -0.1) is 0 Å². The highest BCUT2D eigenvalue weighted by molar-refractivity contribution is 6.15. The summed E-state index contributed by atoms with van der Waals surface area (Å²) in [6.07, 6.45) is 0. The van der Waals surface area contributed by atoms with Crippen LogP contribution in [0.3, 0.4) is 0 Å². The van der Waals surface area contributed by atoms with Gasteiger partial charge in [-0.2, -0.15) is 0 Å². The van der Waals surface area contributed by atoms with Crippen LogP contribution in [0.2, 0.25) is 0 Å². The van der Waals surface area contributed by atoms with E-state index >= 15 is 0 Å². The van der Waals surface area contributed by atoms with Crippen LogP contribution in [0.25, 0.3) is 65.2 Å². The van der Waals surface area contributed by atoms with Crippen LogP contribution < -0.4 is 0 Å². The Hall–Kier alpha value is -4.04. The number of hydrogen-bond acceptors (Lipinski definition) is 2. The van der Waals surface area contributed by atoms with Gasteiger partial charge in [0.2, 0.25) is 0 Å². The van der Waals surface area contributed by atoms with E-state index in [4.69, 9.17) is 9.97 Å². The lowest BCUT2D eigenvalue weighted by atomic mass is 9.98. The predicted molar refractivity (Wildman–Crippen MR) is 137 cm³/mol. The molecule has 0 aliphatic rings. The molecule has 0 radical (unpaired) electrons. The summed E-state index contributed by atoms with van der Waals surface area (Å²) in [4.78, 5) is 10.3. The number of fused-ring (bicyclic) bond motifs is 8. The maximum atomic E-state index is 5.16. The van der Waals surface area contributed by atoms with Crippen molar-refractivity contribution in [3.63, 3.8) is 0 Å². The van der Waals surface area contributed by atoms with E-state index in [1.54, 1.807) is 0 Å². The molecule has 0 atom stereocenters. The van der Waals surface area contributed by atoms with Gasteiger partial charge >= 0.3 is 0 Å². The molecule has 0 amide bonds. The molecular formula is C30H20N2. The quantitative estimate of drug-likeness (QED) is 0.188. The minimum absolute atomic E-state index is 0.940. The smallest absolute Gasteiger partial charge is 0.0973 e. The number of hydrogen-bond donors (Lipinski definition) is 0. The Morgan fingerprint density at radius 2 is 1.06 bits per heavy atom. The van der Waals surface area contributed by atoms with E-state index in [0.29, 0.717) is 0 Å². The van der Waals surface area contributed by atoms with Gasteiger partial charge in [0.25, 0.3) is 0 Å². The second-order valence-corrected chi connectivity index (χ2v) is 8.83. The van der Waals surface area contributed by atoms with Gasteiger partial charge in [0.1, 0.15) is 0 Å². The zero-order valence-electron chi connectivity index (χ0n) is 18.0. The van der Waals surface area contributed by atoms with Gasteiger partial charge in [0.05, 0.1) is 22.1 Å². The molecule has 0 saturated heterocycles. The first-order valence-corrected chi connectivity index (χ1v) is 11.0. The molecule has 0 saturated carbocycles. The Bertz CT molecular complexity index is 1900. The van der Waals surface area contributed by atoms with E-state index in [1.165, 1.54) is 48.8 Å². The van der Waals surface area contributed by atoms with Crippen molar-refractivity contribution in [2.75, 3.05) is 0 Å². The first-order valence-electron chi connectivity index (χ1n) is 11.0. The fourth-order valence-corrected chi connectivity index (χ4v) is 5.13. The molecule has 0 unspecified atom stereocenters. The van der Waals surface area contributed by atoms with E-state index in [9.17, 15) is 0 Å². The average Bonchev–Trinajstić information content (AvgIpc) is 2.82. The first kappa shape index (κ1) is 17.6. The summed E-state index contributed by atoms with van der Waals surface area (Å²) in [5, 5.41) is 9.80. The molecule has 150 valence electrons. The third-order valence-corrected chi connectivity index (χ3v) is 6.81. The molecule has 0 bridgehead atoms. The molecule has 2 nitrogen and oxygen atoms in total. The highest BCUT2D eigenvalue weighted by atomic mass is 14.8. The minimum atomic E-state index is 0.940. The molecule has 32 heavy (non-hydrogen) atoms. The van der Waals surface area contributed by atoms with Gasteiger partial charge in [-0.1, -0.05) is 48.5 Å². The monoisotopic (exact) mass is 408 g/mol. The second-order valence-electron chi connectivity index (χ2n) is 8.83. The van der Waals surface area contributed by atoms with Crippen molar-refractivity contribution >= 4 is 65.2 Å². The van der Waals surface area contributed by atoms with E-state index in [0.717, 1.165) is 27.5 Å². The first-order chi connectivity index (χ1) is 15.7. The number of benzene rings is 6. The summed E-state index contributed by atoms with van der Waals surface area (Å²) < 4.78 is 0. The predicted octanol–water partition coefficient (Wildman–Crippen LogP) is 8.01. The zero-order valence-corrected chi connectivity index (χ0v) is 18.0. The van der Waals surface area contributed by atoms with Crippen molar-refractivity contribution < 1.29 is 0 Å². The van der Waals surface area contributed by atoms with Gasteiger partial charge in [0, 0.05) is 10.8 Å². The van der Waals surface area contributed by atoms with Crippen LogP contribution in [-0.4, -0.2) is 9.97 Å². The molecule has 0 aliphatic heterocycles. The molecule has 1 aromatic heterocycles. The van der Waals surface area contributed by atoms with Crippen molar-refractivity contribution in [1.29, 1.82) is 0 Å². The third kappa shape index (κ3) is 2.41. The molecule has 0 aliphatic carbocycles. The van der Waals surface area contributed by atoms with Crippen molar-refractivity contribution in [2.45, 2.75) is 13.8 Å². The number of nitrogens with zero attached hydrogens (tertiary/aromatic N) is 2. The summed E-state index contributed by atoms with van der Waals surface area (Å²) in [6, 6.07) is 30.5. The van der Waals surface area contributed by atoms with Crippen LogP contribution in [0, 0.1) is 13.8 Å². The van der Waals surface area contributed by atoms with Gasteiger partial charge in [-0.3, -0.25) is 0 Å². The maximum Gasteiger partial charge on any atom is 0.0973 e. The second kappa shape index (κ2) is 6.24. The summed E-state index contributed by atoms with van der Waals surface area (Å²) in [6.45, 7) is 4.34. The molecule has 7 rings (SSSR count). The molecule has 0 N–H and O–H groups in total. The highest BCUT2D eigenvalue weighted by Crippen LogP contribution is 2.34. The standard InChI is InChI=1S/C30H20N2/c1-17-6-5-9-21-16-25-22(15-23(17)21)10-11-27-29(25)32-28-12-18(2)24-13-19-7-3-4-8-20(19)14-26(24)30(28)31-27/h3-16H,1-2H3. The largest absolute Gasteiger partial charge is 0.244 e. The van der Waals surface area contributed by atoms with Crippen LogP contribution in [0.5, 0.6) is 0 Å². The van der Waals surface area contributed by atoms with Crippen LogP contribution >= 0.6 is 0 Å². The topological polar surface area (TPSA) is 25.8 Å². The van der Waals surface area contributed by atoms with Crippen LogP contribution in [0.1, 0.15) is 11.1 Å². The highest BCUT2D eigenvalue weighted by Gasteiger charge is 2.12.